The lowest BCUT2D eigenvalue weighted by Crippen LogP contribution is -2.22. The second-order valence-corrected chi connectivity index (χ2v) is 3.79. The lowest BCUT2D eigenvalue weighted by atomic mass is 10.4. The van der Waals surface area contributed by atoms with Crippen molar-refractivity contribution in [2.45, 2.75) is 0 Å². The summed E-state index contributed by atoms with van der Waals surface area (Å²) in [6.45, 7) is 0. The summed E-state index contributed by atoms with van der Waals surface area (Å²) in [6, 6.07) is 5.13. The largest absolute Gasteiger partial charge is 0.397 e. The number of carbonyl (C=O) groups excluding carboxylic acids is 1. The summed E-state index contributed by atoms with van der Waals surface area (Å²) < 4.78 is 1.54. The number of anilines is 1. The van der Waals surface area contributed by atoms with Crippen LogP contribution < -0.4 is 5.73 Å². The Morgan fingerprint density at radius 1 is 1.35 bits per heavy atom. The molecule has 2 N–H and O–H groups in total. The first-order valence-corrected chi connectivity index (χ1v) is 5.07. The molecule has 0 saturated heterocycles. The van der Waals surface area contributed by atoms with Gasteiger partial charge < -0.3 is 10.6 Å². The zero-order valence-electron chi connectivity index (χ0n) is 9.66. The van der Waals surface area contributed by atoms with Crippen molar-refractivity contribution >= 4 is 11.6 Å². The summed E-state index contributed by atoms with van der Waals surface area (Å²) in [5.74, 6) is 0.483. The standard InChI is InChI=1S/C11H13N5O/c1-15(2)11(17)9-5-6-16(14-9)10-4-3-8(12)7-13-10/h3-7H,12H2,1-2H3. The van der Waals surface area contributed by atoms with E-state index < -0.39 is 0 Å². The first-order chi connectivity index (χ1) is 8.08. The topological polar surface area (TPSA) is 77.0 Å². The van der Waals surface area contributed by atoms with Gasteiger partial charge in [-0.2, -0.15) is 5.10 Å². The van der Waals surface area contributed by atoms with Crippen LogP contribution in [0.2, 0.25) is 0 Å². The van der Waals surface area contributed by atoms with Crippen molar-refractivity contribution in [2.24, 2.45) is 0 Å². The predicted octanol–water partition coefficient (Wildman–Crippen LogP) is 0.551. The minimum atomic E-state index is -0.140. The molecule has 0 unspecified atom stereocenters. The number of carbonyl (C=O) groups is 1. The molecular formula is C11H13N5O. The molecule has 2 aromatic heterocycles. The van der Waals surface area contributed by atoms with E-state index in [4.69, 9.17) is 5.73 Å². The Kier molecular flexibility index (Phi) is 2.78. The van der Waals surface area contributed by atoms with E-state index >= 15 is 0 Å². The van der Waals surface area contributed by atoms with E-state index in [9.17, 15) is 4.79 Å². The number of nitrogens with zero attached hydrogens (tertiary/aromatic N) is 4. The zero-order valence-corrected chi connectivity index (χ0v) is 9.66. The third-order valence-corrected chi connectivity index (χ3v) is 2.22. The quantitative estimate of drug-likeness (QED) is 0.818. The fourth-order valence-corrected chi connectivity index (χ4v) is 1.33. The van der Waals surface area contributed by atoms with Crippen molar-refractivity contribution in [3.8, 4) is 5.82 Å². The molecule has 0 bridgehead atoms. The molecular weight excluding hydrogens is 218 g/mol. The van der Waals surface area contributed by atoms with Crippen LogP contribution in [-0.2, 0) is 0 Å². The third-order valence-electron chi connectivity index (χ3n) is 2.22. The number of pyridine rings is 1. The monoisotopic (exact) mass is 231 g/mol. The molecule has 2 aromatic rings. The third kappa shape index (κ3) is 2.25. The number of hydrogen-bond donors (Lipinski definition) is 1. The summed E-state index contributed by atoms with van der Waals surface area (Å²) in [7, 11) is 3.37. The first-order valence-electron chi connectivity index (χ1n) is 5.07. The highest BCUT2D eigenvalue weighted by molar-refractivity contribution is 5.91. The van der Waals surface area contributed by atoms with E-state index in [2.05, 4.69) is 10.1 Å². The fraction of sp³-hybridized carbons (Fsp3) is 0.182. The lowest BCUT2D eigenvalue weighted by Gasteiger charge is -2.06. The summed E-state index contributed by atoms with van der Waals surface area (Å²) in [6.07, 6.45) is 3.24. The van der Waals surface area contributed by atoms with Crippen molar-refractivity contribution in [2.75, 3.05) is 19.8 Å². The van der Waals surface area contributed by atoms with Gasteiger partial charge in [0.25, 0.3) is 5.91 Å². The van der Waals surface area contributed by atoms with Crippen molar-refractivity contribution in [1.82, 2.24) is 19.7 Å². The minimum Gasteiger partial charge on any atom is -0.397 e. The van der Waals surface area contributed by atoms with Gasteiger partial charge in [0, 0.05) is 20.3 Å². The molecule has 0 spiro atoms. The Labute approximate surface area is 98.7 Å². The van der Waals surface area contributed by atoms with Gasteiger partial charge in [-0.25, -0.2) is 9.67 Å². The Bertz CT molecular complexity index is 529. The van der Waals surface area contributed by atoms with Gasteiger partial charge in [0.05, 0.1) is 11.9 Å². The van der Waals surface area contributed by atoms with Gasteiger partial charge in [-0.1, -0.05) is 0 Å². The van der Waals surface area contributed by atoms with E-state index in [1.165, 1.54) is 9.58 Å². The molecule has 2 heterocycles. The highest BCUT2D eigenvalue weighted by atomic mass is 16.2. The molecule has 6 nitrogen and oxygen atoms in total. The molecule has 17 heavy (non-hydrogen) atoms. The zero-order chi connectivity index (χ0) is 12.4. The number of nitrogen functional groups attached to an aromatic ring is 1. The Morgan fingerprint density at radius 3 is 2.71 bits per heavy atom. The molecule has 0 saturated carbocycles. The normalized spacial score (nSPS) is 10.2. The van der Waals surface area contributed by atoms with Crippen molar-refractivity contribution in [1.29, 1.82) is 0 Å². The molecule has 0 radical (unpaired) electrons. The van der Waals surface area contributed by atoms with Gasteiger partial charge in [0.1, 0.15) is 0 Å². The highest BCUT2D eigenvalue weighted by Gasteiger charge is 2.11. The summed E-state index contributed by atoms with van der Waals surface area (Å²) >= 11 is 0. The predicted molar refractivity (Wildman–Crippen MR) is 63.8 cm³/mol. The molecule has 0 aliphatic rings. The molecule has 88 valence electrons. The molecule has 1 amide bonds. The smallest absolute Gasteiger partial charge is 0.273 e. The summed E-state index contributed by atoms with van der Waals surface area (Å²) in [4.78, 5) is 17.2. The fourth-order valence-electron chi connectivity index (χ4n) is 1.33. The maximum Gasteiger partial charge on any atom is 0.273 e. The Morgan fingerprint density at radius 2 is 2.12 bits per heavy atom. The molecule has 0 atom stereocenters. The summed E-state index contributed by atoms with van der Waals surface area (Å²) in [5, 5.41) is 4.15. The lowest BCUT2D eigenvalue weighted by molar-refractivity contribution is 0.0821. The molecule has 2 rings (SSSR count). The Hall–Kier alpha value is -2.37. The van der Waals surface area contributed by atoms with Gasteiger partial charge in [0.2, 0.25) is 0 Å². The average molecular weight is 231 g/mol. The minimum absolute atomic E-state index is 0.140. The van der Waals surface area contributed by atoms with Gasteiger partial charge in [0.15, 0.2) is 11.5 Å². The molecule has 0 aliphatic heterocycles. The number of aromatic nitrogens is 3. The van der Waals surface area contributed by atoms with Gasteiger partial charge in [-0.3, -0.25) is 4.79 Å². The van der Waals surface area contributed by atoms with Crippen LogP contribution in [0.15, 0.2) is 30.6 Å². The van der Waals surface area contributed by atoms with Crippen LogP contribution in [0, 0.1) is 0 Å². The van der Waals surface area contributed by atoms with E-state index in [0.717, 1.165) is 0 Å². The number of rotatable bonds is 2. The molecule has 0 aromatic carbocycles. The molecule has 0 fully saturated rings. The number of hydrogen-bond acceptors (Lipinski definition) is 4. The summed E-state index contributed by atoms with van der Waals surface area (Å²) in [5.41, 5.74) is 6.52. The Balaban J connectivity index is 2.30. The highest BCUT2D eigenvalue weighted by Crippen LogP contribution is 2.07. The van der Waals surface area contributed by atoms with Crippen LogP contribution in [0.4, 0.5) is 5.69 Å². The second kappa shape index (κ2) is 4.25. The SMILES string of the molecule is CN(C)C(=O)c1ccn(-c2ccc(N)cn2)n1. The van der Waals surface area contributed by atoms with Gasteiger partial charge >= 0.3 is 0 Å². The van der Waals surface area contributed by atoms with Gasteiger partial charge in [-0.15, -0.1) is 0 Å². The first kappa shape index (κ1) is 11.1. The number of nitrogens with two attached hydrogens (primary N) is 1. The van der Waals surface area contributed by atoms with Crippen LogP contribution in [0.5, 0.6) is 0 Å². The van der Waals surface area contributed by atoms with Crippen molar-refractivity contribution in [3.63, 3.8) is 0 Å². The van der Waals surface area contributed by atoms with Crippen molar-refractivity contribution in [3.05, 3.63) is 36.3 Å². The maximum atomic E-state index is 11.7. The van der Waals surface area contributed by atoms with Crippen LogP contribution in [0.1, 0.15) is 10.5 Å². The molecule has 0 aliphatic carbocycles. The van der Waals surface area contributed by atoms with Crippen molar-refractivity contribution < 1.29 is 4.79 Å². The van der Waals surface area contributed by atoms with E-state index in [1.807, 2.05) is 0 Å². The number of amides is 1. The van der Waals surface area contributed by atoms with Crippen LogP contribution in [0.25, 0.3) is 5.82 Å². The van der Waals surface area contributed by atoms with Crippen LogP contribution >= 0.6 is 0 Å². The average Bonchev–Trinajstić information content (AvgIpc) is 2.78. The maximum absolute atomic E-state index is 11.7. The van der Waals surface area contributed by atoms with E-state index in [1.54, 1.807) is 44.7 Å². The second-order valence-electron chi connectivity index (χ2n) is 3.79. The van der Waals surface area contributed by atoms with Crippen LogP contribution in [0.3, 0.4) is 0 Å². The van der Waals surface area contributed by atoms with Gasteiger partial charge in [-0.05, 0) is 18.2 Å². The van der Waals surface area contributed by atoms with Crippen LogP contribution in [-0.4, -0.2) is 39.7 Å². The molecule has 6 heteroatoms. The van der Waals surface area contributed by atoms with E-state index in [-0.39, 0.29) is 5.91 Å². The van der Waals surface area contributed by atoms with E-state index in [0.29, 0.717) is 17.2 Å².